The van der Waals surface area contributed by atoms with Gasteiger partial charge in [0.2, 0.25) is 0 Å². The fourth-order valence-corrected chi connectivity index (χ4v) is 3.34. The van der Waals surface area contributed by atoms with E-state index in [1.54, 1.807) is 0 Å². The molecular formula is C19H30IN5O. The molecule has 1 aliphatic heterocycles. The number of halogens is 1. The van der Waals surface area contributed by atoms with Gasteiger partial charge in [-0.3, -0.25) is 9.89 Å². The lowest BCUT2D eigenvalue weighted by molar-refractivity contribution is 0.0389. The third-order valence-corrected chi connectivity index (χ3v) is 4.74. The van der Waals surface area contributed by atoms with Crippen LogP contribution in [0.5, 0.6) is 0 Å². The molecule has 0 radical (unpaired) electrons. The molecule has 2 heterocycles. The van der Waals surface area contributed by atoms with Crippen LogP contribution in [0, 0.1) is 6.92 Å². The largest absolute Gasteiger partial charge is 0.379 e. The predicted molar refractivity (Wildman–Crippen MR) is 119 cm³/mol. The first-order valence-corrected chi connectivity index (χ1v) is 9.08. The van der Waals surface area contributed by atoms with Crippen LogP contribution in [0.15, 0.2) is 29.3 Å². The van der Waals surface area contributed by atoms with Gasteiger partial charge in [0.1, 0.15) is 0 Å². The van der Waals surface area contributed by atoms with E-state index in [-0.39, 0.29) is 24.0 Å². The maximum atomic E-state index is 5.38. The van der Waals surface area contributed by atoms with E-state index in [4.69, 9.17) is 4.74 Å². The van der Waals surface area contributed by atoms with Crippen LogP contribution < -0.4 is 10.6 Å². The van der Waals surface area contributed by atoms with Crippen LogP contribution in [-0.2, 0) is 11.2 Å². The topological polar surface area (TPSA) is 64.7 Å². The lowest BCUT2D eigenvalue weighted by Gasteiger charge is -2.26. The number of rotatable bonds is 6. The van der Waals surface area contributed by atoms with E-state index < -0.39 is 0 Å². The van der Waals surface area contributed by atoms with Crippen LogP contribution in [0.1, 0.15) is 11.3 Å². The van der Waals surface area contributed by atoms with Crippen molar-refractivity contribution in [1.29, 1.82) is 0 Å². The molecular weight excluding hydrogens is 441 g/mol. The number of nitrogens with zero attached hydrogens (tertiary/aromatic N) is 2. The lowest BCUT2D eigenvalue weighted by Crippen LogP contribution is -2.44. The zero-order chi connectivity index (χ0) is 17.5. The van der Waals surface area contributed by atoms with Gasteiger partial charge in [-0.1, -0.05) is 18.2 Å². The first-order chi connectivity index (χ1) is 12.3. The molecule has 1 saturated heterocycles. The standard InChI is InChI=1S/C19H29N5O.HI/c1-15-16(17-5-3-4-6-18(17)23-15)7-8-21-19(20-2)22-9-10-24-11-13-25-14-12-24;/h3-6,23H,7-14H2,1-2H3,(H2,20,21,22);1H. The van der Waals surface area contributed by atoms with Crippen LogP contribution in [0.4, 0.5) is 0 Å². The zero-order valence-corrected chi connectivity index (χ0v) is 18.0. The molecule has 144 valence electrons. The number of hydrogen-bond acceptors (Lipinski definition) is 3. The summed E-state index contributed by atoms with van der Waals surface area (Å²) < 4.78 is 5.38. The van der Waals surface area contributed by atoms with Gasteiger partial charge in [-0.25, -0.2) is 0 Å². The van der Waals surface area contributed by atoms with Crippen LogP contribution in [0.3, 0.4) is 0 Å². The average Bonchev–Trinajstić information content (AvgIpc) is 2.97. The van der Waals surface area contributed by atoms with Crippen LogP contribution in [-0.4, -0.2) is 68.8 Å². The molecule has 6 nitrogen and oxygen atoms in total. The Bertz CT molecular complexity index is 709. The Morgan fingerprint density at radius 2 is 1.92 bits per heavy atom. The highest BCUT2D eigenvalue weighted by Crippen LogP contribution is 2.21. The van der Waals surface area contributed by atoms with E-state index in [0.29, 0.717) is 0 Å². The second-order valence-corrected chi connectivity index (χ2v) is 6.40. The highest BCUT2D eigenvalue weighted by atomic mass is 127. The smallest absolute Gasteiger partial charge is 0.191 e. The number of guanidine groups is 1. The molecule has 0 aliphatic carbocycles. The van der Waals surface area contributed by atoms with Crippen molar-refractivity contribution in [2.75, 3.05) is 53.0 Å². The highest BCUT2D eigenvalue weighted by molar-refractivity contribution is 14.0. The van der Waals surface area contributed by atoms with Crippen molar-refractivity contribution in [3.63, 3.8) is 0 Å². The number of aromatic nitrogens is 1. The number of ether oxygens (including phenoxy) is 1. The fourth-order valence-electron chi connectivity index (χ4n) is 3.34. The van der Waals surface area contributed by atoms with Gasteiger partial charge in [0.05, 0.1) is 13.2 Å². The first kappa shape index (κ1) is 21.0. The molecule has 3 rings (SSSR count). The van der Waals surface area contributed by atoms with Gasteiger partial charge in [0.25, 0.3) is 0 Å². The molecule has 7 heteroatoms. The first-order valence-electron chi connectivity index (χ1n) is 9.08. The van der Waals surface area contributed by atoms with Gasteiger partial charge in [-0.15, -0.1) is 24.0 Å². The number of fused-ring (bicyclic) bond motifs is 1. The molecule has 0 amide bonds. The van der Waals surface area contributed by atoms with E-state index in [1.165, 1.54) is 22.2 Å². The average molecular weight is 471 g/mol. The van der Waals surface area contributed by atoms with Crippen LogP contribution >= 0.6 is 24.0 Å². The molecule has 1 fully saturated rings. The second-order valence-electron chi connectivity index (χ2n) is 6.40. The van der Waals surface area contributed by atoms with Gasteiger partial charge in [0, 0.05) is 56.4 Å². The number of para-hydroxylation sites is 1. The summed E-state index contributed by atoms with van der Waals surface area (Å²) in [5.74, 6) is 0.866. The molecule has 3 N–H and O–H groups in total. The number of benzene rings is 1. The Morgan fingerprint density at radius 1 is 1.19 bits per heavy atom. The van der Waals surface area contributed by atoms with E-state index in [9.17, 15) is 0 Å². The third-order valence-electron chi connectivity index (χ3n) is 4.74. The zero-order valence-electron chi connectivity index (χ0n) is 15.7. The Kier molecular flexibility index (Phi) is 8.67. The van der Waals surface area contributed by atoms with E-state index in [2.05, 4.69) is 56.7 Å². The van der Waals surface area contributed by atoms with Crippen molar-refractivity contribution < 1.29 is 4.74 Å². The van der Waals surface area contributed by atoms with Gasteiger partial charge < -0.3 is 20.4 Å². The van der Waals surface area contributed by atoms with Crippen molar-refractivity contribution in [1.82, 2.24) is 20.5 Å². The Balaban J connectivity index is 0.00000243. The summed E-state index contributed by atoms with van der Waals surface area (Å²) in [6.07, 6.45) is 0.972. The Hall–Kier alpha value is -1.32. The van der Waals surface area contributed by atoms with E-state index >= 15 is 0 Å². The number of H-pyrrole nitrogens is 1. The summed E-state index contributed by atoms with van der Waals surface area (Å²) in [6.45, 7) is 8.65. The van der Waals surface area contributed by atoms with Crippen molar-refractivity contribution in [2.45, 2.75) is 13.3 Å². The summed E-state index contributed by atoms with van der Waals surface area (Å²) in [4.78, 5) is 10.2. The molecule has 1 aliphatic rings. The summed E-state index contributed by atoms with van der Waals surface area (Å²) in [7, 11) is 1.82. The Labute approximate surface area is 172 Å². The maximum absolute atomic E-state index is 5.38. The van der Waals surface area contributed by atoms with Gasteiger partial charge in [-0.05, 0) is 25.0 Å². The minimum Gasteiger partial charge on any atom is -0.379 e. The fraction of sp³-hybridized carbons (Fsp3) is 0.526. The SMILES string of the molecule is CN=C(NCCc1c(C)[nH]c2ccccc12)NCCN1CCOCC1.I. The predicted octanol–water partition coefficient (Wildman–Crippen LogP) is 2.13. The molecule has 2 aromatic rings. The molecule has 0 saturated carbocycles. The molecule has 0 atom stereocenters. The third kappa shape index (κ3) is 5.59. The van der Waals surface area contributed by atoms with Crippen molar-refractivity contribution in [3.05, 3.63) is 35.5 Å². The molecule has 1 aromatic heterocycles. The van der Waals surface area contributed by atoms with Crippen LogP contribution in [0.2, 0.25) is 0 Å². The minimum absolute atomic E-state index is 0. The van der Waals surface area contributed by atoms with E-state index in [1.807, 2.05) is 7.05 Å². The molecule has 0 unspecified atom stereocenters. The maximum Gasteiger partial charge on any atom is 0.191 e. The van der Waals surface area contributed by atoms with Crippen LogP contribution in [0.25, 0.3) is 10.9 Å². The monoisotopic (exact) mass is 471 g/mol. The highest BCUT2D eigenvalue weighted by Gasteiger charge is 2.10. The number of aliphatic imine (C=N–C) groups is 1. The summed E-state index contributed by atoms with van der Waals surface area (Å²) >= 11 is 0. The Morgan fingerprint density at radius 3 is 2.69 bits per heavy atom. The molecule has 0 spiro atoms. The van der Waals surface area contributed by atoms with Crippen molar-refractivity contribution >= 4 is 40.8 Å². The number of nitrogens with one attached hydrogen (secondary N) is 3. The van der Waals surface area contributed by atoms with Crippen molar-refractivity contribution in [3.8, 4) is 0 Å². The number of aryl methyl sites for hydroxylation is 1. The molecule has 26 heavy (non-hydrogen) atoms. The number of hydrogen-bond donors (Lipinski definition) is 3. The van der Waals surface area contributed by atoms with Gasteiger partial charge in [-0.2, -0.15) is 0 Å². The van der Waals surface area contributed by atoms with E-state index in [0.717, 1.165) is 58.3 Å². The lowest BCUT2D eigenvalue weighted by atomic mass is 10.1. The van der Waals surface area contributed by atoms with Gasteiger partial charge in [0.15, 0.2) is 5.96 Å². The second kappa shape index (κ2) is 10.7. The molecule has 1 aromatic carbocycles. The molecule has 0 bridgehead atoms. The minimum atomic E-state index is 0. The summed E-state index contributed by atoms with van der Waals surface area (Å²) in [5.41, 5.74) is 3.84. The summed E-state index contributed by atoms with van der Waals surface area (Å²) in [6, 6.07) is 8.48. The van der Waals surface area contributed by atoms with Gasteiger partial charge >= 0.3 is 0 Å². The number of morpholine rings is 1. The normalized spacial score (nSPS) is 15.7. The van der Waals surface area contributed by atoms with Crippen molar-refractivity contribution in [2.24, 2.45) is 4.99 Å². The quantitative estimate of drug-likeness (QED) is 0.343. The summed E-state index contributed by atoms with van der Waals surface area (Å²) in [5, 5.41) is 8.13. The number of aromatic amines is 1.